The van der Waals surface area contributed by atoms with Gasteiger partial charge in [-0.15, -0.1) is 13.2 Å². The summed E-state index contributed by atoms with van der Waals surface area (Å²) in [5.74, 6) is -0.271. The van der Waals surface area contributed by atoms with Crippen molar-refractivity contribution in [3.8, 4) is 16.9 Å². The number of nitrogens with zero attached hydrogens (tertiary/aromatic N) is 2. The molecule has 1 aromatic heterocycles. The molecule has 2 heterocycles. The third kappa shape index (κ3) is 5.80. The number of anilines is 3. The monoisotopic (exact) mass is 470 g/mol. The van der Waals surface area contributed by atoms with E-state index in [4.69, 9.17) is 0 Å². The zero-order valence-corrected chi connectivity index (χ0v) is 19.5. The first-order valence-corrected chi connectivity index (χ1v) is 11.3. The minimum atomic E-state index is -4.74. The van der Waals surface area contributed by atoms with Gasteiger partial charge in [0.15, 0.2) is 0 Å². The molecule has 1 aliphatic rings. The molecule has 3 aromatic rings. The van der Waals surface area contributed by atoms with Crippen LogP contribution in [0.1, 0.15) is 24.0 Å². The van der Waals surface area contributed by atoms with E-state index in [1.54, 1.807) is 12.3 Å². The normalized spacial score (nSPS) is 14.8. The van der Waals surface area contributed by atoms with Crippen LogP contribution in [0.2, 0.25) is 0 Å². The highest BCUT2D eigenvalue weighted by molar-refractivity contribution is 5.89. The highest BCUT2D eigenvalue weighted by atomic mass is 19.4. The van der Waals surface area contributed by atoms with Crippen molar-refractivity contribution < 1.29 is 17.9 Å². The SMILES string of the molecule is CNC1CCN(c2c(Nc3cccc(OC(F)(F)F)c3)cncc2-c2cc(C)cc(C)c2)CC1. The maximum atomic E-state index is 12.7. The topological polar surface area (TPSA) is 49.4 Å². The summed E-state index contributed by atoms with van der Waals surface area (Å²) in [6.07, 6.45) is 0.843. The Morgan fingerprint density at radius 2 is 1.71 bits per heavy atom. The molecule has 0 aliphatic carbocycles. The van der Waals surface area contributed by atoms with Crippen molar-refractivity contribution in [3.05, 3.63) is 66.0 Å². The Hall–Kier alpha value is -3.26. The molecule has 1 fully saturated rings. The molecule has 0 radical (unpaired) electrons. The van der Waals surface area contributed by atoms with Crippen LogP contribution < -0.4 is 20.3 Å². The Bertz CT molecular complexity index is 1120. The fourth-order valence-corrected chi connectivity index (χ4v) is 4.55. The number of rotatable bonds is 6. The Morgan fingerprint density at radius 1 is 1.00 bits per heavy atom. The van der Waals surface area contributed by atoms with Crippen molar-refractivity contribution >= 4 is 17.1 Å². The molecule has 1 aliphatic heterocycles. The van der Waals surface area contributed by atoms with E-state index in [1.807, 2.05) is 13.2 Å². The van der Waals surface area contributed by atoms with Gasteiger partial charge in [-0.3, -0.25) is 4.98 Å². The Morgan fingerprint density at radius 3 is 2.35 bits per heavy atom. The maximum Gasteiger partial charge on any atom is 0.573 e. The number of halogens is 3. The van der Waals surface area contributed by atoms with E-state index in [9.17, 15) is 13.2 Å². The number of nitrogens with one attached hydrogen (secondary N) is 2. The van der Waals surface area contributed by atoms with Gasteiger partial charge in [0.05, 0.1) is 17.6 Å². The Labute approximate surface area is 198 Å². The maximum absolute atomic E-state index is 12.7. The zero-order valence-electron chi connectivity index (χ0n) is 19.5. The van der Waals surface area contributed by atoms with E-state index in [-0.39, 0.29) is 5.75 Å². The summed E-state index contributed by atoms with van der Waals surface area (Å²) in [4.78, 5) is 6.81. The second kappa shape index (κ2) is 9.93. The smallest absolute Gasteiger partial charge is 0.406 e. The summed E-state index contributed by atoms with van der Waals surface area (Å²) in [5, 5.41) is 6.65. The van der Waals surface area contributed by atoms with Gasteiger partial charge in [0.2, 0.25) is 0 Å². The third-order valence-electron chi connectivity index (χ3n) is 6.02. The number of alkyl halides is 3. The molecule has 34 heavy (non-hydrogen) atoms. The lowest BCUT2D eigenvalue weighted by atomic mass is 9.97. The molecule has 0 atom stereocenters. The quantitative estimate of drug-likeness (QED) is 0.450. The molecule has 5 nitrogen and oxygen atoms in total. The lowest BCUT2D eigenvalue weighted by molar-refractivity contribution is -0.274. The average Bonchev–Trinajstić information content (AvgIpc) is 2.77. The summed E-state index contributed by atoms with van der Waals surface area (Å²) in [7, 11) is 1.98. The molecule has 0 saturated carbocycles. The minimum absolute atomic E-state index is 0.271. The van der Waals surface area contributed by atoms with Gasteiger partial charge >= 0.3 is 6.36 Å². The van der Waals surface area contributed by atoms with Crippen molar-refractivity contribution in [1.82, 2.24) is 10.3 Å². The molecule has 0 bridgehead atoms. The number of piperidine rings is 1. The summed E-state index contributed by atoms with van der Waals surface area (Å²) >= 11 is 0. The van der Waals surface area contributed by atoms with E-state index >= 15 is 0 Å². The second-order valence-electron chi connectivity index (χ2n) is 8.71. The standard InChI is InChI=1S/C26H29F3N4O/c1-17-11-18(2)13-19(12-17)23-15-31-16-24(25(23)33-9-7-20(30-3)8-10-33)32-21-5-4-6-22(14-21)34-26(27,28)29/h4-6,11-16,20,30,32H,7-10H2,1-3H3. The van der Waals surface area contributed by atoms with Gasteiger partial charge in [-0.2, -0.15) is 0 Å². The number of hydrogen-bond donors (Lipinski definition) is 2. The predicted molar refractivity (Wildman–Crippen MR) is 130 cm³/mol. The molecule has 2 N–H and O–H groups in total. The summed E-state index contributed by atoms with van der Waals surface area (Å²) in [6.45, 7) is 5.85. The first-order chi connectivity index (χ1) is 16.2. The molecule has 0 amide bonds. The summed E-state index contributed by atoms with van der Waals surface area (Å²) in [5.41, 5.74) is 6.60. The first-order valence-electron chi connectivity index (χ1n) is 11.3. The van der Waals surface area contributed by atoms with Crippen LogP contribution in [0.15, 0.2) is 54.9 Å². The lowest BCUT2D eigenvalue weighted by Gasteiger charge is -2.36. The van der Waals surface area contributed by atoms with Crippen LogP contribution in [0.25, 0.3) is 11.1 Å². The van der Waals surface area contributed by atoms with E-state index in [2.05, 4.69) is 57.3 Å². The number of aryl methyl sites for hydroxylation is 2. The van der Waals surface area contributed by atoms with E-state index < -0.39 is 6.36 Å². The number of hydrogen-bond acceptors (Lipinski definition) is 5. The fourth-order valence-electron chi connectivity index (χ4n) is 4.55. The van der Waals surface area contributed by atoms with Crippen LogP contribution in [0.4, 0.5) is 30.2 Å². The first kappa shape index (κ1) is 23.9. The molecular weight excluding hydrogens is 441 g/mol. The van der Waals surface area contributed by atoms with E-state index in [1.165, 1.54) is 18.2 Å². The molecule has 2 aromatic carbocycles. The van der Waals surface area contributed by atoms with Crippen molar-refractivity contribution in [3.63, 3.8) is 0 Å². The summed E-state index contributed by atoms with van der Waals surface area (Å²) < 4.78 is 42.2. The fraction of sp³-hybridized carbons (Fsp3) is 0.346. The third-order valence-corrected chi connectivity index (χ3v) is 6.02. The van der Waals surface area contributed by atoms with Crippen molar-refractivity contribution in [1.29, 1.82) is 0 Å². The summed E-state index contributed by atoms with van der Waals surface area (Å²) in [6, 6.07) is 12.7. The van der Waals surface area contributed by atoms with Crippen LogP contribution in [-0.2, 0) is 0 Å². The van der Waals surface area contributed by atoms with Gasteiger partial charge in [-0.05, 0) is 51.4 Å². The van der Waals surface area contributed by atoms with E-state index in [0.29, 0.717) is 11.7 Å². The highest BCUT2D eigenvalue weighted by Crippen LogP contribution is 2.40. The van der Waals surface area contributed by atoms with E-state index in [0.717, 1.165) is 59.6 Å². The van der Waals surface area contributed by atoms with Gasteiger partial charge in [0.25, 0.3) is 0 Å². The largest absolute Gasteiger partial charge is 0.573 e. The van der Waals surface area contributed by atoms with Gasteiger partial charge in [0.1, 0.15) is 5.75 Å². The zero-order chi connectivity index (χ0) is 24.3. The Balaban J connectivity index is 1.75. The molecular formula is C26H29F3N4O. The Kier molecular flexibility index (Phi) is 6.97. The number of benzene rings is 2. The van der Waals surface area contributed by atoms with Crippen LogP contribution in [0.3, 0.4) is 0 Å². The van der Waals surface area contributed by atoms with Gasteiger partial charge in [-0.1, -0.05) is 35.4 Å². The predicted octanol–water partition coefficient (Wildman–Crippen LogP) is 6.20. The number of pyridine rings is 1. The number of ether oxygens (including phenoxy) is 1. The van der Waals surface area contributed by atoms with Gasteiger partial charge in [0, 0.05) is 42.6 Å². The van der Waals surface area contributed by atoms with Gasteiger partial charge < -0.3 is 20.3 Å². The highest BCUT2D eigenvalue weighted by Gasteiger charge is 2.31. The minimum Gasteiger partial charge on any atom is -0.406 e. The van der Waals surface area contributed by atoms with Crippen LogP contribution >= 0.6 is 0 Å². The van der Waals surface area contributed by atoms with Crippen LogP contribution in [0, 0.1) is 13.8 Å². The second-order valence-corrected chi connectivity index (χ2v) is 8.71. The van der Waals surface area contributed by atoms with Crippen LogP contribution in [0.5, 0.6) is 5.75 Å². The lowest BCUT2D eigenvalue weighted by Crippen LogP contribution is -2.41. The molecule has 0 unspecified atom stereocenters. The van der Waals surface area contributed by atoms with Crippen molar-refractivity contribution in [2.75, 3.05) is 30.4 Å². The molecule has 0 spiro atoms. The van der Waals surface area contributed by atoms with Crippen molar-refractivity contribution in [2.24, 2.45) is 0 Å². The molecule has 8 heteroatoms. The van der Waals surface area contributed by atoms with Gasteiger partial charge in [-0.25, -0.2) is 0 Å². The van der Waals surface area contributed by atoms with Crippen LogP contribution in [-0.4, -0.2) is 37.5 Å². The van der Waals surface area contributed by atoms with Crippen molar-refractivity contribution in [2.45, 2.75) is 39.1 Å². The number of aromatic nitrogens is 1. The molecule has 4 rings (SSSR count). The molecule has 180 valence electrons. The molecule has 1 saturated heterocycles. The average molecular weight is 471 g/mol.